The van der Waals surface area contributed by atoms with Crippen LogP contribution in [0.3, 0.4) is 0 Å². The molecule has 0 bridgehead atoms. The molecule has 47 heavy (non-hydrogen) atoms. The molecule has 0 saturated carbocycles. The summed E-state index contributed by atoms with van der Waals surface area (Å²) in [5, 5.41) is 3.82. The van der Waals surface area contributed by atoms with Gasteiger partial charge in [-0.15, -0.1) is 0 Å². The van der Waals surface area contributed by atoms with Gasteiger partial charge in [0.2, 0.25) is 10.6 Å². The molecule has 256 valence electrons. The van der Waals surface area contributed by atoms with E-state index in [-0.39, 0.29) is 37.8 Å². The van der Waals surface area contributed by atoms with Gasteiger partial charge in [-0.3, -0.25) is 0 Å². The lowest BCUT2D eigenvalue weighted by molar-refractivity contribution is 0.460. The van der Waals surface area contributed by atoms with Crippen LogP contribution in [0.5, 0.6) is 0 Å². The number of aromatic nitrogens is 4. The Morgan fingerprint density at radius 2 is 1.17 bits per heavy atom. The smallest absolute Gasteiger partial charge is 0.224 e. The summed E-state index contributed by atoms with van der Waals surface area (Å²) in [6, 6.07) is 13.1. The predicted molar refractivity (Wildman–Crippen MR) is 192 cm³/mol. The number of nitrogens with zero attached hydrogens (tertiary/aromatic N) is 4. The number of nitrogens with one attached hydrogen (secondary N) is 1. The summed E-state index contributed by atoms with van der Waals surface area (Å²) in [5.74, 6) is 0.765. The Morgan fingerprint density at radius 3 is 1.64 bits per heavy atom. The van der Waals surface area contributed by atoms with Crippen LogP contribution in [0.25, 0.3) is 0 Å². The molecule has 0 radical (unpaired) electrons. The van der Waals surface area contributed by atoms with Gasteiger partial charge in [-0.1, -0.05) is 65.3 Å². The van der Waals surface area contributed by atoms with Crippen LogP contribution in [-0.2, 0) is 19.7 Å². The molecule has 0 saturated heterocycles. The average molecular weight is 744 g/mol. The van der Waals surface area contributed by atoms with Gasteiger partial charge in [0, 0.05) is 34.9 Å². The van der Waals surface area contributed by atoms with Crippen molar-refractivity contribution in [1.82, 2.24) is 19.9 Å². The van der Waals surface area contributed by atoms with Crippen LogP contribution >= 0.6 is 34.8 Å². The standard InChI is InChI=1S/C16H20ClN3O2S.C11H17NO2S.C5H4Cl2N2/c1-11-9-18-15(17)20-14(11)19-12-6-5-7-13(8-12)23(21,22)10-16(2,3)4;1-11(2,3)8-15(13,14)10-6-4-5-9(12)7-10;1-3-2-8-5(7)9-4(3)6/h5-9H,10H2,1-4H3,(H,18,19,20);4-7H,8,12H2,1-3H3;2H,1H3. The Bertz CT molecular complexity index is 1890. The maximum absolute atomic E-state index is 12.5. The normalized spacial score (nSPS) is 11.9. The summed E-state index contributed by atoms with van der Waals surface area (Å²) < 4.78 is 48.9. The third kappa shape index (κ3) is 14.3. The fraction of sp³-hybridized carbons (Fsp3) is 0.375. The molecule has 0 aliphatic carbocycles. The highest BCUT2D eigenvalue weighted by atomic mass is 35.5. The number of benzene rings is 2. The number of rotatable bonds is 6. The second-order valence-corrected chi connectivity index (χ2v) is 18.2. The van der Waals surface area contributed by atoms with Crippen molar-refractivity contribution in [2.24, 2.45) is 10.8 Å². The molecule has 3 N–H and O–H groups in total. The van der Waals surface area contributed by atoms with E-state index in [1.807, 2.05) is 55.4 Å². The number of nitrogens with two attached hydrogens (primary N) is 1. The summed E-state index contributed by atoms with van der Waals surface area (Å²) in [6.07, 6.45) is 3.19. The zero-order valence-electron chi connectivity index (χ0n) is 27.6. The zero-order chi connectivity index (χ0) is 35.8. The zero-order valence-corrected chi connectivity index (χ0v) is 31.5. The Hall–Kier alpha value is -3.03. The summed E-state index contributed by atoms with van der Waals surface area (Å²) in [5.41, 5.74) is 7.77. The molecule has 0 amide bonds. The molecular weight excluding hydrogens is 703 g/mol. The van der Waals surface area contributed by atoms with Crippen molar-refractivity contribution < 1.29 is 16.8 Å². The monoisotopic (exact) mass is 742 g/mol. The van der Waals surface area contributed by atoms with E-state index in [0.29, 0.717) is 27.2 Å². The van der Waals surface area contributed by atoms with Gasteiger partial charge in [0.1, 0.15) is 11.0 Å². The Labute approximate surface area is 293 Å². The van der Waals surface area contributed by atoms with Gasteiger partial charge >= 0.3 is 0 Å². The maximum Gasteiger partial charge on any atom is 0.224 e. The molecule has 4 rings (SSSR count). The van der Waals surface area contributed by atoms with Gasteiger partial charge in [0.05, 0.1) is 21.3 Å². The third-order valence-electron chi connectivity index (χ3n) is 5.74. The SMILES string of the molecule is CC(C)(C)CS(=O)(=O)c1cccc(N)c1.Cc1cnc(Cl)nc1Cl.Cc1cnc(Cl)nc1Nc1cccc(S(=O)(=O)CC(C)(C)C)c1. The number of halogens is 3. The first-order chi connectivity index (χ1) is 21.5. The average Bonchev–Trinajstić information content (AvgIpc) is 2.91. The second-order valence-electron chi connectivity index (χ2n) is 13.1. The highest BCUT2D eigenvalue weighted by Gasteiger charge is 2.24. The molecule has 0 unspecified atom stereocenters. The summed E-state index contributed by atoms with van der Waals surface area (Å²) >= 11 is 16.8. The van der Waals surface area contributed by atoms with Gasteiger partial charge in [0.25, 0.3) is 0 Å². The molecule has 2 aromatic heterocycles. The topological polar surface area (TPSA) is 158 Å². The van der Waals surface area contributed by atoms with E-state index < -0.39 is 19.7 Å². The van der Waals surface area contributed by atoms with Crippen LogP contribution in [0.15, 0.2) is 70.7 Å². The number of nitrogen functional groups attached to an aromatic ring is 1. The summed E-state index contributed by atoms with van der Waals surface area (Å²) in [7, 11) is -6.57. The van der Waals surface area contributed by atoms with Crippen LogP contribution in [0.4, 0.5) is 17.2 Å². The lowest BCUT2D eigenvalue weighted by atomic mass is 10.0. The van der Waals surface area contributed by atoms with E-state index in [2.05, 4.69) is 25.3 Å². The highest BCUT2D eigenvalue weighted by Crippen LogP contribution is 2.26. The summed E-state index contributed by atoms with van der Waals surface area (Å²) in [4.78, 5) is 16.0. The van der Waals surface area contributed by atoms with Gasteiger partial charge in [-0.25, -0.2) is 36.8 Å². The van der Waals surface area contributed by atoms with Crippen LogP contribution in [0, 0.1) is 24.7 Å². The molecule has 2 heterocycles. The number of sulfone groups is 2. The molecule has 0 atom stereocenters. The number of hydrogen-bond acceptors (Lipinski definition) is 10. The second kappa shape index (κ2) is 16.4. The quantitative estimate of drug-likeness (QED) is 0.112. The molecule has 0 aliphatic heterocycles. The van der Waals surface area contributed by atoms with Crippen LogP contribution in [-0.4, -0.2) is 48.3 Å². The fourth-order valence-electron chi connectivity index (χ4n) is 3.87. The Morgan fingerprint density at radius 1 is 0.702 bits per heavy atom. The van der Waals surface area contributed by atoms with Gasteiger partial charge in [-0.2, -0.15) is 0 Å². The first kappa shape index (κ1) is 40.1. The molecule has 2 aromatic carbocycles. The van der Waals surface area contributed by atoms with Crippen molar-refractivity contribution in [2.75, 3.05) is 22.6 Å². The first-order valence-corrected chi connectivity index (χ1v) is 18.7. The molecular formula is C32H41Cl3N6O4S2. The largest absolute Gasteiger partial charge is 0.399 e. The van der Waals surface area contributed by atoms with Crippen molar-refractivity contribution in [1.29, 1.82) is 0 Å². The number of aryl methyl sites for hydroxylation is 2. The van der Waals surface area contributed by atoms with Gasteiger partial charge in [-0.05, 0) is 84.3 Å². The minimum atomic E-state index is -3.35. The third-order valence-corrected chi connectivity index (χ3v) is 10.9. The molecule has 0 aliphatic rings. The van der Waals surface area contributed by atoms with E-state index in [1.165, 1.54) is 6.07 Å². The van der Waals surface area contributed by atoms with E-state index in [9.17, 15) is 16.8 Å². The Balaban J connectivity index is 0.000000273. The predicted octanol–water partition coefficient (Wildman–Crippen LogP) is 8.18. The lowest BCUT2D eigenvalue weighted by Crippen LogP contribution is -2.20. The van der Waals surface area contributed by atoms with E-state index in [0.717, 1.165) is 11.1 Å². The van der Waals surface area contributed by atoms with Gasteiger partial charge in [0.15, 0.2) is 19.7 Å². The highest BCUT2D eigenvalue weighted by molar-refractivity contribution is 7.91. The van der Waals surface area contributed by atoms with Crippen molar-refractivity contribution in [3.63, 3.8) is 0 Å². The number of anilines is 3. The lowest BCUT2D eigenvalue weighted by Gasteiger charge is -2.18. The van der Waals surface area contributed by atoms with Crippen molar-refractivity contribution in [3.05, 3.63) is 87.8 Å². The molecule has 15 heteroatoms. The molecule has 10 nitrogen and oxygen atoms in total. The van der Waals surface area contributed by atoms with Gasteiger partial charge < -0.3 is 11.1 Å². The Kier molecular flexibility index (Phi) is 14.0. The fourth-order valence-corrected chi connectivity index (χ4v) is 8.11. The van der Waals surface area contributed by atoms with E-state index in [1.54, 1.807) is 54.9 Å². The molecule has 0 spiro atoms. The minimum Gasteiger partial charge on any atom is -0.399 e. The van der Waals surface area contributed by atoms with Crippen molar-refractivity contribution in [2.45, 2.75) is 65.2 Å². The first-order valence-electron chi connectivity index (χ1n) is 14.3. The van der Waals surface area contributed by atoms with Crippen molar-refractivity contribution >= 4 is 71.7 Å². The molecule has 0 fully saturated rings. The van der Waals surface area contributed by atoms with Crippen LogP contribution < -0.4 is 11.1 Å². The minimum absolute atomic E-state index is 0.0851. The van der Waals surface area contributed by atoms with E-state index >= 15 is 0 Å². The van der Waals surface area contributed by atoms with Crippen LogP contribution in [0.1, 0.15) is 52.7 Å². The summed E-state index contributed by atoms with van der Waals surface area (Å²) in [6.45, 7) is 15.1. The van der Waals surface area contributed by atoms with Crippen LogP contribution in [0.2, 0.25) is 15.7 Å². The molecule has 4 aromatic rings. The number of hydrogen-bond donors (Lipinski definition) is 2. The maximum atomic E-state index is 12.5. The van der Waals surface area contributed by atoms with Crippen molar-refractivity contribution in [3.8, 4) is 0 Å². The van der Waals surface area contributed by atoms with E-state index in [4.69, 9.17) is 40.5 Å².